The Hall–Kier alpha value is -0.160. The van der Waals surface area contributed by atoms with Gasteiger partial charge < -0.3 is 19.6 Å². The molecule has 3 fully saturated rings. The molecule has 0 aliphatic carbocycles. The molecule has 0 spiro atoms. The first kappa shape index (κ1) is 27.9. The quantitative estimate of drug-likeness (QED) is 0.609. The van der Waals surface area contributed by atoms with Crippen LogP contribution in [0.5, 0.6) is 0 Å². The van der Waals surface area contributed by atoms with E-state index in [1.165, 1.54) is 104 Å². The van der Waals surface area contributed by atoms with E-state index < -0.39 is 0 Å². The molecule has 0 radical (unpaired) electrons. The van der Waals surface area contributed by atoms with Gasteiger partial charge in [-0.15, -0.1) is 0 Å². The highest BCUT2D eigenvalue weighted by atomic mass is 15.2. The average molecular weight is 425 g/mol. The highest BCUT2D eigenvalue weighted by Gasteiger charge is 2.14. The highest BCUT2D eigenvalue weighted by molar-refractivity contribution is 4.70. The smallest absolute Gasteiger partial charge is 0.0110 e. The fourth-order valence-electron chi connectivity index (χ4n) is 4.69. The van der Waals surface area contributed by atoms with Crippen molar-refractivity contribution in [2.24, 2.45) is 17.8 Å². The molecule has 0 aromatic rings. The van der Waals surface area contributed by atoms with E-state index in [1.807, 2.05) is 0 Å². The molecule has 0 unspecified atom stereocenters. The monoisotopic (exact) mass is 424 g/mol. The van der Waals surface area contributed by atoms with Crippen LogP contribution >= 0.6 is 0 Å². The van der Waals surface area contributed by atoms with Crippen LogP contribution in [-0.4, -0.2) is 98.6 Å². The lowest BCUT2D eigenvalue weighted by molar-refractivity contribution is 0.141. The van der Waals surface area contributed by atoms with Gasteiger partial charge in [-0.1, -0.05) is 48.0 Å². The van der Waals surface area contributed by atoms with E-state index in [0.717, 1.165) is 17.8 Å². The van der Waals surface area contributed by atoms with E-state index in [2.05, 4.69) is 68.2 Å². The maximum atomic E-state index is 2.59. The summed E-state index contributed by atoms with van der Waals surface area (Å²) in [5.41, 5.74) is 0. The summed E-state index contributed by atoms with van der Waals surface area (Å²) in [6.45, 7) is 28.0. The van der Waals surface area contributed by atoms with Gasteiger partial charge in [-0.3, -0.25) is 0 Å². The zero-order valence-electron chi connectivity index (χ0n) is 21.8. The number of nitrogens with zero attached hydrogens (tertiary/aromatic N) is 4. The number of likely N-dealkylation sites (N-methyl/N-ethyl adjacent to an activating group) is 1. The maximum Gasteiger partial charge on any atom is 0.0110 e. The third-order valence-electron chi connectivity index (χ3n) is 6.11. The zero-order chi connectivity index (χ0) is 22.4. The van der Waals surface area contributed by atoms with Gasteiger partial charge in [0.05, 0.1) is 0 Å². The molecule has 4 heteroatoms. The molecule has 0 saturated carbocycles. The summed E-state index contributed by atoms with van der Waals surface area (Å²) in [6.07, 6.45) is 7.15. The molecule has 3 aliphatic rings. The molecule has 3 rings (SSSR count). The Balaban J connectivity index is 0.000000226. The number of hydrogen-bond donors (Lipinski definition) is 0. The van der Waals surface area contributed by atoms with Crippen molar-refractivity contribution in [2.75, 3.05) is 79.0 Å². The van der Waals surface area contributed by atoms with Gasteiger partial charge in [0.25, 0.3) is 0 Å². The Bertz CT molecular complexity index is 376. The molecule has 0 N–H and O–H groups in total. The van der Waals surface area contributed by atoms with E-state index in [-0.39, 0.29) is 0 Å². The summed E-state index contributed by atoms with van der Waals surface area (Å²) in [5, 5.41) is 0. The molecule has 0 atom stereocenters. The molecule has 180 valence electrons. The van der Waals surface area contributed by atoms with Crippen molar-refractivity contribution in [2.45, 2.75) is 73.6 Å². The van der Waals surface area contributed by atoms with Gasteiger partial charge in [-0.2, -0.15) is 0 Å². The highest BCUT2D eigenvalue weighted by Crippen LogP contribution is 2.10. The van der Waals surface area contributed by atoms with Crippen LogP contribution in [-0.2, 0) is 0 Å². The Labute approximate surface area is 190 Å². The predicted octanol–water partition coefficient (Wildman–Crippen LogP) is 4.76. The molecule has 4 nitrogen and oxygen atoms in total. The van der Waals surface area contributed by atoms with Crippen LogP contribution in [0.25, 0.3) is 0 Å². The SMILES string of the molecule is CC(C)CN1CCCC1.CC(C)CN1CCCCC1.CC(C)CN1CCN(C)CC1. The first-order valence-electron chi connectivity index (χ1n) is 13.1. The Morgan fingerprint density at radius 3 is 1.07 bits per heavy atom. The van der Waals surface area contributed by atoms with Gasteiger partial charge in [-0.25, -0.2) is 0 Å². The van der Waals surface area contributed by atoms with E-state index in [0.29, 0.717) is 0 Å². The van der Waals surface area contributed by atoms with Crippen molar-refractivity contribution in [3.05, 3.63) is 0 Å². The van der Waals surface area contributed by atoms with Crippen LogP contribution < -0.4 is 0 Å². The molecule has 0 aromatic heterocycles. The summed E-state index contributed by atoms with van der Waals surface area (Å²) in [7, 11) is 2.20. The van der Waals surface area contributed by atoms with Crippen molar-refractivity contribution in [3.8, 4) is 0 Å². The molecule has 0 aromatic carbocycles. The molecular weight excluding hydrogens is 368 g/mol. The number of piperazine rings is 1. The topological polar surface area (TPSA) is 13.0 Å². The summed E-state index contributed by atoms with van der Waals surface area (Å²) < 4.78 is 0. The molecule has 0 amide bonds. The normalized spacial score (nSPS) is 22.2. The second kappa shape index (κ2) is 16.5. The maximum absolute atomic E-state index is 2.59. The summed E-state index contributed by atoms with van der Waals surface area (Å²) in [5.74, 6) is 2.51. The van der Waals surface area contributed by atoms with Crippen molar-refractivity contribution in [1.29, 1.82) is 0 Å². The second-order valence-corrected chi connectivity index (χ2v) is 11.2. The van der Waals surface area contributed by atoms with Crippen LogP contribution in [0, 0.1) is 17.8 Å². The molecule has 3 saturated heterocycles. The lowest BCUT2D eigenvalue weighted by Crippen LogP contribution is -2.45. The molecule has 3 aliphatic heterocycles. The van der Waals surface area contributed by atoms with Gasteiger partial charge in [0.1, 0.15) is 0 Å². The number of rotatable bonds is 6. The fraction of sp³-hybridized carbons (Fsp3) is 1.00. The summed E-state index contributed by atoms with van der Waals surface area (Å²) >= 11 is 0. The van der Waals surface area contributed by atoms with E-state index in [9.17, 15) is 0 Å². The van der Waals surface area contributed by atoms with Crippen LogP contribution in [0.2, 0.25) is 0 Å². The Morgan fingerprint density at radius 1 is 0.433 bits per heavy atom. The van der Waals surface area contributed by atoms with Crippen LogP contribution in [0.4, 0.5) is 0 Å². The number of piperidine rings is 1. The third-order valence-corrected chi connectivity index (χ3v) is 6.11. The molecule has 30 heavy (non-hydrogen) atoms. The van der Waals surface area contributed by atoms with Gasteiger partial charge in [-0.05, 0) is 76.7 Å². The van der Waals surface area contributed by atoms with E-state index in [1.54, 1.807) is 0 Å². The van der Waals surface area contributed by atoms with Crippen molar-refractivity contribution >= 4 is 0 Å². The standard InChI is InChI=1S/C9H20N2.C9H19N.C8H17N/c1-9(2)8-11-6-4-10(3)5-7-11;1-9(2)8-10-6-4-3-5-7-10;1-8(2)7-9-5-3-4-6-9/h9H,4-8H2,1-3H3;9H,3-8H2,1-2H3;8H,3-7H2,1-2H3. The Kier molecular flexibility index (Phi) is 15.3. The van der Waals surface area contributed by atoms with E-state index >= 15 is 0 Å². The Morgan fingerprint density at radius 2 is 0.733 bits per heavy atom. The van der Waals surface area contributed by atoms with Crippen molar-refractivity contribution in [1.82, 2.24) is 19.6 Å². The largest absolute Gasteiger partial charge is 0.304 e. The van der Waals surface area contributed by atoms with E-state index in [4.69, 9.17) is 0 Å². The minimum absolute atomic E-state index is 0.818. The van der Waals surface area contributed by atoms with Crippen LogP contribution in [0.1, 0.15) is 73.6 Å². The fourth-order valence-corrected chi connectivity index (χ4v) is 4.69. The first-order valence-corrected chi connectivity index (χ1v) is 13.1. The summed E-state index contributed by atoms with van der Waals surface area (Å²) in [6, 6.07) is 0. The van der Waals surface area contributed by atoms with Gasteiger partial charge in [0.15, 0.2) is 0 Å². The lowest BCUT2D eigenvalue weighted by atomic mass is 10.1. The minimum Gasteiger partial charge on any atom is -0.304 e. The van der Waals surface area contributed by atoms with Gasteiger partial charge in [0.2, 0.25) is 0 Å². The number of hydrogen-bond acceptors (Lipinski definition) is 4. The second-order valence-electron chi connectivity index (χ2n) is 11.2. The van der Waals surface area contributed by atoms with Crippen molar-refractivity contribution in [3.63, 3.8) is 0 Å². The van der Waals surface area contributed by atoms with Gasteiger partial charge >= 0.3 is 0 Å². The predicted molar refractivity (Wildman–Crippen MR) is 134 cm³/mol. The number of likely N-dealkylation sites (tertiary alicyclic amines) is 2. The lowest BCUT2D eigenvalue weighted by Gasteiger charge is -2.33. The molecule has 0 bridgehead atoms. The molecule has 3 heterocycles. The van der Waals surface area contributed by atoms with Crippen LogP contribution in [0.15, 0.2) is 0 Å². The first-order chi connectivity index (χ1) is 14.3. The average Bonchev–Trinajstić information content (AvgIpc) is 3.17. The molecular formula is C26H56N4. The van der Waals surface area contributed by atoms with Crippen LogP contribution in [0.3, 0.4) is 0 Å². The van der Waals surface area contributed by atoms with Gasteiger partial charge in [0, 0.05) is 45.8 Å². The zero-order valence-corrected chi connectivity index (χ0v) is 21.8. The minimum atomic E-state index is 0.818. The third kappa shape index (κ3) is 14.8. The summed E-state index contributed by atoms with van der Waals surface area (Å²) in [4.78, 5) is 10.1. The van der Waals surface area contributed by atoms with Crippen molar-refractivity contribution < 1.29 is 0 Å².